The van der Waals surface area contributed by atoms with Crippen LogP contribution in [0.1, 0.15) is 36.1 Å². The zero-order valence-electron chi connectivity index (χ0n) is 22.7. The van der Waals surface area contributed by atoms with Crippen molar-refractivity contribution >= 4 is 27.5 Å². The molecule has 0 aromatic heterocycles. The van der Waals surface area contributed by atoms with Gasteiger partial charge in [0.1, 0.15) is 12.6 Å². The van der Waals surface area contributed by atoms with E-state index in [2.05, 4.69) is 5.32 Å². The SMILES string of the molecule is Cc1ccc(CN(C(=O)CN(c2ccc(C)cc2)S(C)(=O)=O)[C@@H](Cc2ccccc2)C(=O)NC(C)C)cc1. The molecule has 202 valence electrons. The number of hydrogen-bond acceptors (Lipinski definition) is 4. The molecular formula is C30H37N3O4S. The van der Waals surface area contributed by atoms with Crippen LogP contribution in [0, 0.1) is 13.8 Å². The lowest BCUT2D eigenvalue weighted by Crippen LogP contribution is -2.54. The van der Waals surface area contributed by atoms with E-state index in [9.17, 15) is 18.0 Å². The van der Waals surface area contributed by atoms with Crippen molar-refractivity contribution in [3.05, 3.63) is 101 Å². The minimum Gasteiger partial charge on any atom is -0.352 e. The van der Waals surface area contributed by atoms with E-state index in [1.54, 1.807) is 24.3 Å². The van der Waals surface area contributed by atoms with Crippen LogP contribution in [-0.4, -0.2) is 50.0 Å². The van der Waals surface area contributed by atoms with Gasteiger partial charge in [0.25, 0.3) is 0 Å². The summed E-state index contributed by atoms with van der Waals surface area (Å²) in [4.78, 5) is 29.0. The lowest BCUT2D eigenvalue weighted by Gasteiger charge is -2.34. The van der Waals surface area contributed by atoms with Crippen LogP contribution in [0.25, 0.3) is 0 Å². The minimum atomic E-state index is -3.78. The minimum absolute atomic E-state index is 0.128. The highest BCUT2D eigenvalue weighted by Gasteiger charge is 2.33. The summed E-state index contributed by atoms with van der Waals surface area (Å²) < 4.78 is 26.7. The van der Waals surface area contributed by atoms with E-state index in [4.69, 9.17) is 0 Å². The number of nitrogens with zero attached hydrogens (tertiary/aromatic N) is 2. The molecule has 0 aliphatic heterocycles. The number of hydrogen-bond donors (Lipinski definition) is 1. The van der Waals surface area contributed by atoms with Gasteiger partial charge in [-0.1, -0.05) is 77.9 Å². The number of amides is 2. The summed E-state index contributed by atoms with van der Waals surface area (Å²) in [5, 5.41) is 2.95. The highest BCUT2D eigenvalue weighted by atomic mass is 32.2. The van der Waals surface area contributed by atoms with Gasteiger partial charge in [-0.15, -0.1) is 0 Å². The molecule has 3 aromatic rings. The molecule has 1 N–H and O–H groups in total. The largest absolute Gasteiger partial charge is 0.352 e. The Bertz CT molecular complexity index is 1320. The van der Waals surface area contributed by atoms with Crippen molar-refractivity contribution in [2.75, 3.05) is 17.1 Å². The van der Waals surface area contributed by atoms with Gasteiger partial charge in [0.05, 0.1) is 11.9 Å². The van der Waals surface area contributed by atoms with E-state index in [0.717, 1.165) is 32.8 Å². The van der Waals surface area contributed by atoms with Gasteiger partial charge in [0, 0.05) is 19.0 Å². The molecule has 2 amide bonds. The zero-order chi connectivity index (χ0) is 27.9. The Labute approximate surface area is 226 Å². The van der Waals surface area contributed by atoms with Crippen molar-refractivity contribution in [3.8, 4) is 0 Å². The fraction of sp³-hybridized carbons (Fsp3) is 0.333. The van der Waals surface area contributed by atoms with Gasteiger partial charge in [-0.25, -0.2) is 8.42 Å². The van der Waals surface area contributed by atoms with Gasteiger partial charge in [-0.2, -0.15) is 0 Å². The molecule has 0 unspecified atom stereocenters. The van der Waals surface area contributed by atoms with E-state index in [1.807, 2.05) is 82.3 Å². The summed E-state index contributed by atoms with van der Waals surface area (Å²) in [6, 6.07) is 23.3. The number of anilines is 1. The first-order valence-electron chi connectivity index (χ1n) is 12.7. The monoisotopic (exact) mass is 535 g/mol. The predicted molar refractivity (Wildman–Crippen MR) is 152 cm³/mol. The van der Waals surface area contributed by atoms with E-state index >= 15 is 0 Å². The molecule has 0 spiro atoms. The van der Waals surface area contributed by atoms with Crippen molar-refractivity contribution < 1.29 is 18.0 Å². The smallest absolute Gasteiger partial charge is 0.244 e. The molecule has 0 bridgehead atoms. The Morgan fingerprint density at radius 3 is 1.89 bits per heavy atom. The van der Waals surface area contributed by atoms with Crippen molar-refractivity contribution in [2.24, 2.45) is 0 Å². The van der Waals surface area contributed by atoms with Crippen LogP contribution in [0.3, 0.4) is 0 Å². The number of benzene rings is 3. The third kappa shape index (κ3) is 8.18. The topological polar surface area (TPSA) is 86.8 Å². The summed E-state index contributed by atoms with van der Waals surface area (Å²) in [6.07, 6.45) is 1.37. The summed E-state index contributed by atoms with van der Waals surface area (Å²) in [5.74, 6) is -0.748. The molecule has 8 heteroatoms. The Balaban J connectivity index is 2.04. The average molecular weight is 536 g/mol. The fourth-order valence-corrected chi connectivity index (χ4v) is 5.00. The lowest BCUT2D eigenvalue weighted by molar-refractivity contribution is -0.140. The lowest BCUT2D eigenvalue weighted by atomic mass is 10.0. The van der Waals surface area contributed by atoms with Gasteiger partial charge in [0.15, 0.2) is 0 Å². The number of carbonyl (C=O) groups excluding carboxylic acids is 2. The maximum Gasteiger partial charge on any atom is 0.244 e. The van der Waals surface area contributed by atoms with Gasteiger partial charge in [-0.3, -0.25) is 13.9 Å². The summed E-state index contributed by atoms with van der Waals surface area (Å²) in [5.41, 5.74) is 4.20. The van der Waals surface area contributed by atoms with E-state index in [0.29, 0.717) is 12.1 Å². The number of nitrogens with one attached hydrogen (secondary N) is 1. The van der Waals surface area contributed by atoms with Gasteiger partial charge < -0.3 is 10.2 Å². The molecule has 0 saturated carbocycles. The zero-order valence-corrected chi connectivity index (χ0v) is 23.5. The van der Waals surface area contributed by atoms with E-state index in [-0.39, 0.29) is 18.5 Å². The van der Waals surface area contributed by atoms with E-state index < -0.39 is 28.5 Å². The van der Waals surface area contributed by atoms with Crippen LogP contribution >= 0.6 is 0 Å². The van der Waals surface area contributed by atoms with Crippen LogP contribution < -0.4 is 9.62 Å². The summed E-state index contributed by atoms with van der Waals surface area (Å²) in [7, 11) is -3.78. The standard InChI is InChI=1S/C30H37N3O4S/c1-22(2)31-30(35)28(19-25-9-7-6-8-10-25)32(20-26-15-11-23(3)12-16-26)29(34)21-33(38(5,36)37)27-17-13-24(4)14-18-27/h6-18,22,28H,19-21H2,1-5H3,(H,31,35)/t28-/m0/s1. The van der Waals surface area contributed by atoms with Crippen molar-refractivity contribution in [2.45, 2.75) is 52.7 Å². The first-order chi connectivity index (χ1) is 17.9. The second kappa shape index (κ2) is 12.7. The number of aryl methyl sites for hydroxylation is 2. The number of carbonyl (C=O) groups is 2. The summed E-state index contributed by atoms with van der Waals surface area (Å²) in [6.45, 7) is 7.36. The van der Waals surface area contributed by atoms with Crippen LogP contribution in [0.2, 0.25) is 0 Å². The Kier molecular flexibility index (Phi) is 9.69. The molecule has 0 aliphatic rings. The van der Waals surface area contributed by atoms with Gasteiger partial charge in [0.2, 0.25) is 21.8 Å². The second-order valence-corrected chi connectivity index (χ2v) is 11.9. The van der Waals surface area contributed by atoms with Crippen LogP contribution in [0.5, 0.6) is 0 Å². The van der Waals surface area contributed by atoms with Crippen molar-refractivity contribution in [3.63, 3.8) is 0 Å². The highest BCUT2D eigenvalue weighted by Crippen LogP contribution is 2.21. The first-order valence-corrected chi connectivity index (χ1v) is 14.5. The molecule has 3 aromatic carbocycles. The maximum absolute atomic E-state index is 14.0. The average Bonchev–Trinajstić information content (AvgIpc) is 2.86. The second-order valence-electron chi connectivity index (χ2n) is 9.98. The molecule has 1 atom stereocenters. The number of rotatable bonds is 11. The first kappa shape index (κ1) is 28.9. The Morgan fingerprint density at radius 1 is 0.816 bits per heavy atom. The van der Waals surface area contributed by atoms with Gasteiger partial charge >= 0.3 is 0 Å². The predicted octanol–water partition coefficient (Wildman–Crippen LogP) is 4.23. The van der Waals surface area contributed by atoms with Crippen molar-refractivity contribution in [1.29, 1.82) is 0 Å². The Morgan fingerprint density at radius 2 is 1.37 bits per heavy atom. The molecule has 7 nitrogen and oxygen atoms in total. The summed E-state index contributed by atoms with van der Waals surface area (Å²) >= 11 is 0. The Hall–Kier alpha value is -3.65. The third-order valence-electron chi connectivity index (χ3n) is 6.18. The molecule has 0 saturated heterocycles. The molecule has 0 radical (unpaired) electrons. The molecular weight excluding hydrogens is 498 g/mol. The quantitative estimate of drug-likeness (QED) is 0.398. The highest BCUT2D eigenvalue weighted by molar-refractivity contribution is 7.92. The molecule has 3 rings (SSSR count). The molecule has 0 fully saturated rings. The molecule has 38 heavy (non-hydrogen) atoms. The number of sulfonamides is 1. The fourth-order valence-electron chi connectivity index (χ4n) is 4.15. The maximum atomic E-state index is 14.0. The normalized spacial score (nSPS) is 12.2. The van der Waals surface area contributed by atoms with Gasteiger partial charge in [-0.05, 0) is 51.0 Å². The van der Waals surface area contributed by atoms with Crippen LogP contribution in [-0.2, 0) is 32.6 Å². The third-order valence-corrected chi connectivity index (χ3v) is 7.32. The molecule has 0 heterocycles. The van der Waals surface area contributed by atoms with Crippen LogP contribution in [0.15, 0.2) is 78.9 Å². The van der Waals surface area contributed by atoms with Crippen molar-refractivity contribution in [1.82, 2.24) is 10.2 Å². The van der Waals surface area contributed by atoms with E-state index in [1.165, 1.54) is 4.90 Å². The van der Waals surface area contributed by atoms with Crippen LogP contribution in [0.4, 0.5) is 5.69 Å². The molecule has 0 aliphatic carbocycles.